The first-order chi connectivity index (χ1) is 11.4. The summed E-state index contributed by atoms with van der Waals surface area (Å²) in [6, 6.07) is 5.41. The highest BCUT2D eigenvalue weighted by Crippen LogP contribution is 2.25. The number of nitrogens with one attached hydrogen (secondary N) is 1. The summed E-state index contributed by atoms with van der Waals surface area (Å²) >= 11 is 1.50. The van der Waals surface area contributed by atoms with Gasteiger partial charge in [0.25, 0.3) is 11.8 Å². The van der Waals surface area contributed by atoms with Crippen molar-refractivity contribution in [3.63, 3.8) is 0 Å². The molecule has 1 aromatic heterocycles. The topological polar surface area (TPSA) is 79.4 Å². The van der Waals surface area contributed by atoms with Gasteiger partial charge in [-0.1, -0.05) is 12.1 Å². The van der Waals surface area contributed by atoms with Gasteiger partial charge in [0.05, 0.1) is 27.9 Å². The van der Waals surface area contributed by atoms with E-state index in [0.717, 1.165) is 15.6 Å². The Hall–Kier alpha value is -2.54. The predicted octanol–water partition coefficient (Wildman–Crippen LogP) is 2.31. The van der Waals surface area contributed by atoms with Crippen LogP contribution in [0.15, 0.2) is 29.6 Å². The Morgan fingerprint density at radius 1 is 1.17 bits per heavy atom. The SMILES string of the molecule is Cc1nc(C(C)NC(=O)C(C)N2C(=O)c3ccccc3C2=O)cs1. The Balaban J connectivity index is 1.75. The summed E-state index contributed by atoms with van der Waals surface area (Å²) in [4.78, 5) is 42.7. The number of aryl methyl sites for hydroxylation is 1. The number of imide groups is 1. The Kier molecular flexibility index (Phi) is 4.19. The Bertz CT molecular complexity index is 795. The maximum absolute atomic E-state index is 12.5. The molecule has 3 rings (SSSR count). The fourth-order valence-corrected chi connectivity index (χ4v) is 3.37. The van der Waals surface area contributed by atoms with Crippen LogP contribution in [-0.4, -0.2) is 33.6 Å². The lowest BCUT2D eigenvalue weighted by atomic mass is 10.1. The van der Waals surface area contributed by atoms with Gasteiger partial charge >= 0.3 is 0 Å². The molecule has 0 saturated carbocycles. The summed E-state index contributed by atoms with van der Waals surface area (Å²) in [6.45, 7) is 5.27. The Morgan fingerprint density at radius 3 is 2.25 bits per heavy atom. The van der Waals surface area contributed by atoms with Crippen molar-refractivity contribution in [1.82, 2.24) is 15.2 Å². The lowest BCUT2D eigenvalue weighted by Crippen LogP contribution is -2.48. The largest absolute Gasteiger partial charge is 0.346 e. The van der Waals surface area contributed by atoms with Crippen LogP contribution in [0.5, 0.6) is 0 Å². The molecule has 1 aromatic carbocycles. The molecule has 3 amide bonds. The number of aromatic nitrogens is 1. The van der Waals surface area contributed by atoms with Crippen LogP contribution in [0.25, 0.3) is 0 Å². The molecule has 2 atom stereocenters. The molecule has 7 heteroatoms. The zero-order chi connectivity index (χ0) is 17.4. The number of carbonyl (C=O) groups excluding carboxylic acids is 3. The van der Waals surface area contributed by atoms with Gasteiger partial charge in [0.15, 0.2) is 0 Å². The van der Waals surface area contributed by atoms with E-state index in [0.29, 0.717) is 11.1 Å². The van der Waals surface area contributed by atoms with Gasteiger partial charge in [-0.2, -0.15) is 0 Å². The van der Waals surface area contributed by atoms with Crippen LogP contribution in [0, 0.1) is 6.92 Å². The second-order valence-corrected chi connectivity index (χ2v) is 6.79. The molecule has 0 aliphatic carbocycles. The highest BCUT2D eigenvalue weighted by atomic mass is 32.1. The van der Waals surface area contributed by atoms with Crippen molar-refractivity contribution in [2.45, 2.75) is 32.9 Å². The van der Waals surface area contributed by atoms with E-state index in [4.69, 9.17) is 0 Å². The smallest absolute Gasteiger partial charge is 0.262 e. The quantitative estimate of drug-likeness (QED) is 0.864. The van der Waals surface area contributed by atoms with Gasteiger partial charge in [-0.05, 0) is 32.9 Å². The molecule has 1 N–H and O–H groups in total. The summed E-state index contributed by atoms with van der Waals surface area (Å²) in [5, 5.41) is 5.61. The Labute approximate surface area is 143 Å². The standard InChI is InChI=1S/C17H17N3O3S/c1-9(14-8-24-11(3)19-14)18-15(21)10(2)20-16(22)12-6-4-5-7-13(12)17(20)23/h4-10H,1-3H3,(H,18,21). The van der Waals surface area contributed by atoms with Gasteiger partial charge in [-0.15, -0.1) is 11.3 Å². The van der Waals surface area contributed by atoms with E-state index in [1.807, 2.05) is 19.2 Å². The molecule has 1 aliphatic rings. The summed E-state index contributed by atoms with van der Waals surface area (Å²) in [5.74, 6) is -1.26. The number of hydrogen-bond donors (Lipinski definition) is 1. The second-order valence-electron chi connectivity index (χ2n) is 5.72. The highest BCUT2D eigenvalue weighted by molar-refractivity contribution is 7.09. The van der Waals surface area contributed by atoms with Crippen LogP contribution in [0.4, 0.5) is 0 Å². The lowest BCUT2D eigenvalue weighted by Gasteiger charge is -2.23. The van der Waals surface area contributed by atoms with E-state index in [9.17, 15) is 14.4 Å². The number of hydrogen-bond acceptors (Lipinski definition) is 5. The molecule has 0 fully saturated rings. The summed E-state index contributed by atoms with van der Waals surface area (Å²) in [5.41, 5.74) is 1.44. The van der Waals surface area contributed by atoms with Crippen LogP contribution in [0.2, 0.25) is 0 Å². The minimum Gasteiger partial charge on any atom is -0.346 e. The molecule has 2 aromatic rings. The Morgan fingerprint density at radius 2 is 1.75 bits per heavy atom. The van der Waals surface area contributed by atoms with Crippen molar-refractivity contribution in [2.75, 3.05) is 0 Å². The third kappa shape index (κ3) is 2.71. The van der Waals surface area contributed by atoms with Gasteiger partial charge in [0.1, 0.15) is 6.04 Å². The van der Waals surface area contributed by atoms with Gasteiger partial charge < -0.3 is 5.32 Å². The van der Waals surface area contributed by atoms with E-state index in [2.05, 4.69) is 10.3 Å². The number of nitrogens with zero attached hydrogens (tertiary/aromatic N) is 2. The minimum absolute atomic E-state index is 0.292. The maximum atomic E-state index is 12.5. The highest BCUT2D eigenvalue weighted by Gasteiger charge is 2.40. The van der Waals surface area contributed by atoms with Gasteiger partial charge in [0, 0.05) is 5.38 Å². The van der Waals surface area contributed by atoms with Crippen molar-refractivity contribution >= 4 is 29.1 Å². The molecule has 2 unspecified atom stereocenters. The van der Waals surface area contributed by atoms with Crippen molar-refractivity contribution < 1.29 is 14.4 Å². The number of rotatable bonds is 4. The molecule has 0 radical (unpaired) electrons. The minimum atomic E-state index is -0.889. The summed E-state index contributed by atoms with van der Waals surface area (Å²) in [7, 11) is 0. The van der Waals surface area contributed by atoms with Crippen molar-refractivity contribution in [2.24, 2.45) is 0 Å². The van der Waals surface area contributed by atoms with Crippen LogP contribution in [0.1, 0.15) is 51.3 Å². The average molecular weight is 343 g/mol. The third-order valence-corrected chi connectivity index (χ3v) is 4.82. The van der Waals surface area contributed by atoms with Crippen LogP contribution in [0.3, 0.4) is 0 Å². The van der Waals surface area contributed by atoms with E-state index in [-0.39, 0.29) is 11.9 Å². The monoisotopic (exact) mass is 343 g/mol. The third-order valence-electron chi connectivity index (χ3n) is 4.03. The number of fused-ring (bicyclic) bond motifs is 1. The van der Waals surface area contributed by atoms with E-state index in [1.165, 1.54) is 11.3 Å². The van der Waals surface area contributed by atoms with E-state index >= 15 is 0 Å². The number of benzene rings is 1. The fourth-order valence-electron chi connectivity index (χ4n) is 2.66. The zero-order valence-electron chi connectivity index (χ0n) is 13.6. The molecule has 2 heterocycles. The van der Waals surface area contributed by atoms with E-state index < -0.39 is 17.9 Å². The zero-order valence-corrected chi connectivity index (χ0v) is 14.4. The maximum Gasteiger partial charge on any atom is 0.262 e. The fraction of sp³-hybridized carbons (Fsp3) is 0.294. The molecule has 1 aliphatic heterocycles. The molecular weight excluding hydrogens is 326 g/mol. The predicted molar refractivity (Wildman–Crippen MR) is 89.8 cm³/mol. The molecule has 24 heavy (non-hydrogen) atoms. The molecular formula is C17H17N3O3S. The van der Waals surface area contributed by atoms with Crippen LogP contribution < -0.4 is 5.32 Å². The van der Waals surface area contributed by atoms with Crippen molar-refractivity contribution in [1.29, 1.82) is 0 Å². The lowest BCUT2D eigenvalue weighted by molar-refractivity contribution is -0.125. The van der Waals surface area contributed by atoms with Crippen molar-refractivity contribution in [3.05, 3.63) is 51.5 Å². The molecule has 0 saturated heterocycles. The molecule has 124 valence electrons. The first-order valence-electron chi connectivity index (χ1n) is 7.59. The first-order valence-corrected chi connectivity index (χ1v) is 8.47. The second kappa shape index (κ2) is 6.16. The summed E-state index contributed by atoms with van der Waals surface area (Å²) < 4.78 is 0. The average Bonchev–Trinajstić information content (AvgIpc) is 3.10. The van der Waals surface area contributed by atoms with Gasteiger partial charge in [-0.3, -0.25) is 19.3 Å². The normalized spacial score (nSPS) is 16.0. The van der Waals surface area contributed by atoms with Crippen LogP contribution >= 0.6 is 11.3 Å². The van der Waals surface area contributed by atoms with Crippen LogP contribution in [-0.2, 0) is 4.79 Å². The number of carbonyl (C=O) groups is 3. The van der Waals surface area contributed by atoms with Gasteiger partial charge in [0.2, 0.25) is 5.91 Å². The number of amides is 3. The number of thiazole rings is 1. The molecule has 0 bridgehead atoms. The summed E-state index contributed by atoms with van der Waals surface area (Å²) in [6.07, 6.45) is 0. The molecule has 0 spiro atoms. The first kappa shape index (κ1) is 16.3. The van der Waals surface area contributed by atoms with Crippen molar-refractivity contribution in [3.8, 4) is 0 Å². The molecule has 6 nitrogen and oxygen atoms in total. The van der Waals surface area contributed by atoms with E-state index in [1.54, 1.807) is 31.2 Å². The van der Waals surface area contributed by atoms with Gasteiger partial charge in [-0.25, -0.2) is 4.98 Å².